The van der Waals surface area contributed by atoms with Crippen LogP contribution in [0.5, 0.6) is 0 Å². The molecule has 5 heteroatoms. The van der Waals surface area contributed by atoms with Crippen molar-refractivity contribution in [2.24, 2.45) is 5.73 Å². The fourth-order valence-corrected chi connectivity index (χ4v) is 1.91. The highest BCUT2D eigenvalue weighted by Crippen LogP contribution is 2.10. The summed E-state index contributed by atoms with van der Waals surface area (Å²) < 4.78 is 13.4. The Kier molecular flexibility index (Phi) is 6.26. The molecule has 0 aliphatic rings. The van der Waals surface area contributed by atoms with Crippen molar-refractivity contribution in [3.05, 3.63) is 35.1 Å². The number of terminal acetylenes is 1. The molecule has 1 aromatic rings. The molecule has 0 aliphatic carbocycles. The van der Waals surface area contributed by atoms with Crippen LogP contribution in [0.1, 0.15) is 15.9 Å². The quantitative estimate of drug-likeness (QED) is 0.579. The molecule has 0 aromatic heterocycles. The van der Waals surface area contributed by atoms with Crippen LogP contribution in [-0.4, -0.2) is 24.0 Å². The molecule has 3 nitrogen and oxygen atoms in total. The monoisotopic (exact) mass is 266 g/mol. The topological polar surface area (TPSA) is 55.1 Å². The molecule has 0 spiro atoms. The van der Waals surface area contributed by atoms with Crippen molar-refractivity contribution in [1.82, 2.24) is 5.32 Å². The van der Waals surface area contributed by atoms with Crippen molar-refractivity contribution in [2.75, 3.05) is 18.1 Å². The van der Waals surface area contributed by atoms with E-state index in [1.807, 2.05) is 0 Å². The van der Waals surface area contributed by atoms with Crippen molar-refractivity contribution in [1.29, 1.82) is 0 Å². The Bertz CT molecular complexity index is 457. The Hall–Kier alpha value is -1.51. The van der Waals surface area contributed by atoms with Crippen molar-refractivity contribution in [2.45, 2.75) is 6.54 Å². The first kappa shape index (κ1) is 14.6. The summed E-state index contributed by atoms with van der Waals surface area (Å²) in [5.41, 5.74) is 5.89. The number of thioether (sulfide) groups is 1. The molecule has 0 unspecified atom stereocenters. The van der Waals surface area contributed by atoms with Gasteiger partial charge < -0.3 is 11.1 Å². The summed E-state index contributed by atoms with van der Waals surface area (Å²) in [6, 6.07) is 4.10. The minimum Gasteiger partial charge on any atom is -0.366 e. The first-order chi connectivity index (χ1) is 8.65. The molecule has 0 aliphatic heterocycles. The van der Waals surface area contributed by atoms with E-state index in [1.165, 1.54) is 18.2 Å². The number of carbonyl (C=O) groups is 1. The summed E-state index contributed by atoms with van der Waals surface area (Å²) in [5, 5.41) is 3.09. The molecule has 1 rings (SSSR count). The second-order valence-corrected chi connectivity index (χ2v) is 4.71. The van der Waals surface area contributed by atoms with Crippen LogP contribution in [0.15, 0.2) is 18.2 Å². The third-order valence-corrected chi connectivity index (χ3v) is 3.12. The van der Waals surface area contributed by atoms with Crippen LogP contribution in [0.2, 0.25) is 0 Å². The maximum atomic E-state index is 13.4. The fourth-order valence-electron chi connectivity index (χ4n) is 1.36. The molecule has 0 heterocycles. The van der Waals surface area contributed by atoms with E-state index in [9.17, 15) is 9.18 Å². The highest BCUT2D eigenvalue weighted by molar-refractivity contribution is 7.99. The number of nitrogens with two attached hydrogens (primary N) is 1. The van der Waals surface area contributed by atoms with Gasteiger partial charge in [-0.3, -0.25) is 4.79 Å². The van der Waals surface area contributed by atoms with Gasteiger partial charge in [0.25, 0.3) is 0 Å². The molecule has 18 heavy (non-hydrogen) atoms. The van der Waals surface area contributed by atoms with Crippen LogP contribution in [0.4, 0.5) is 4.39 Å². The zero-order valence-electron chi connectivity index (χ0n) is 9.91. The lowest BCUT2D eigenvalue weighted by atomic mass is 10.1. The second kappa shape index (κ2) is 7.75. The molecule has 1 amide bonds. The summed E-state index contributed by atoms with van der Waals surface area (Å²) >= 11 is 1.63. The standard InChI is InChI=1S/C13H15FN2OS/c1-2-6-18-7-5-16-9-11-8-10(13(15)17)3-4-12(11)14/h1,3-4,8,16H,5-7,9H2,(H2,15,17). The number of carbonyl (C=O) groups excluding carboxylic acids is 1. The first-order valence-electron chi connectivity index (χ1n) is 5.45. The molecule has 3 N–H and O–H groups in total. The van der Waals surface area contributed by atoms with Gasteiger partial charge in [-0.25, -0.2) is 4.39 Å². The predicted octanol–water partition coefficient (Wildman–Crippen LogP) is 1.38. The summed E-state index contributed by atoms with van der Waals surface area (Å²) in [4.78, 5) is 11.0. The highest BCUT2D eigenvalue weighted by atomic mass is 32.2. The summed E-state index contributed by atoms with van der Waals surface area (Å²) in [6.45, 7) is 1.09. The number of primary amides is 1. The summed E-state index contributed by atoms with van der Waals surface area (Å²) in [7, 11) is 0. The first-order valence-corrected chi connectivity index (χ1v) is 6.60. The zero-order chi connectivity index (χ0) is 13.4. The number of benzene rings is 1. The molecule has 0 saturated carbocycles. The van der Waals surface area contributed by atoms with Gasteiger partial charge in [-0.15, -0.1) is 18.2 Å². The van der Waals surface area contributed by atoms with Gasteiger partial charge >= 0.3 is 0 Å². The number of hydrogen-bond donors (Lipinski definition) is 2. The third-order valence-electron chi connectivity index (χ3n) is 2.25. The number of amides is 1. The molecule has 1 aromatic carbocycles. The average Bonchev–Trinajstić information content (AvgIpc) is 2.35. The number of hydrogen-bond acceptors (Lipinski definition) is 3. The Morgan fingerprint density at radius 3 is 3.00 bits per heavy atom. The van der Waals surface area contributed by atoms with Crippen LogP contribution >= 0.6 is 11.8 Å². The van der Waals surface area contributed by atoms with Crippen LogP contribution in [0, 0.1) is 18.2 Å². The van der Waals surface area contributed by atoms with E-state index in [4.69, 9.17) is 12.2 Å². The van der Waals surface area contributed by atoms with Gasteiger partial charge in [0.2, 0.25) is 5.91 Å². The fraction of sp³-hybridized carbons (Fsp3) is 0.308. The van der Waals surface area contributed by atoms with Crippen molar-refractivity contribution in [3.63, 3.8) is 0 Å². The van der Waals surface area contributed by atoms with Crippen molar-refractivity contribution >= 4 is 17.7 Å². The minimum atomic E-state index is -0.555. The lowest BCUT2D eigenvalue weighted by Gasteiger charge is -2.06. The SMILES string of the molecule is C#CCSCCNCc1cc(C(N)=O)ccc1F. The Morgan fingerprint density at radius 2 is 2.33 bits per heavy atom. The molecule has 0 radical (unpaired) electrons. The molecule has 96 valence electrons. The molecule has 0 bridgehead atoms. The van der Waals surface area contributed by atoms with Crippen LogP contribution < -0.4 is 11.1 Å². The predicted molar refractivity (Wildman–Crippen MR) is 72.8 cm³/mol. The molecular formula is C13H15FN2OS. The van der Waals surface area contributed by atoms with Crippen LogP contribution in [-0.2, 0) is 6.54 Å². The van der Waals surface area contributed by atoms with Crippen molar-refractivity contribution < 1.29 is 9.18 Å². The third kappa shape index (κ3) is 4.78. The van der Waals surface area contributed by atoms with Crippen LogP contribution in [0.3, 0.4) is 0 Å². The van der Waals surface area contributed by atoms with E-state index in [0.29, 0.717) is 23.4 Å². The van der Waals surface area contributed by atoms with Gasteiger partial charge in [0.1, 0.15) is 5.82 Å². The van der Waals surface area contributed by atoms with E-state index in [0.717, 1.165) is 12.3 Å². The molecule has 0 saturated heterocycles. The van der Waals surface area contributed by atoms with Crippen molar-refractivity contribution in [3.8, 4) is 12.3 Å². The zero-order valence-corrected chi connectivity index (χ0v) is 10.7. The largest absolute Gasteiger partial charge is 0.366 e. The van der Waals surface area contributed by atoms with Gasteiger partial charge in [0, 0.05) is 30.0 Å². The van der Waals surface area contributed by atoms with E-state index >= 15 is 0 Å². The number of nitrogens with one attached hydrogen (secondary N) is 1. The highest BCUT2D eigenvalue weighted by Gasteiger charge is 2.06. The molecule has 0 atom stereocenters. The minimum absolute atomic E-state index is 0.315. The van der Waals surface area contributed by atoms with Gasteiger partial charge in [-0.2, -0.15) is 0 Å². The van der Waals surface area contributed by atoms with E-state index in [1.54, 1.807) is 11.8 Å². The van der Waals surface area contributed by atoms with Gasteiger partial charge in [0.05, 0.1) is 5.75 Å². The van der Waals surface area contributed by atoms with E-state index < -0.39 is 5.91 Å². The Labute approximate surface area is 110 Å². The van der Waals surface area contributed by atoms with E-state index in [-0.39, 0.29) is 5.82 Å². The summed E-state index contributed by atoms with van der Waals surface area (Å²) in [5.74, 6) is 3.17. The lowest BCUT2D eigenvalue weighted by Crippen LogP contribution is -2.18. The summed E-state index contributed by atoms with van der Waals surface area (Å²) in [6.07, 6.45) is 5.11. The number of halogens is 1. The lowest BCUT2D eigenvalue weighted by molar-refractivity contribution is 0.1000. The van der Waals surface area contributed by atoms with Gasteiger partial charge in [-0.1, -0.05) is 5.92 Å². The maximum Gasteiger partial charge on any atom is 0.248 e. The molecule has 0 fully saturated rings. The van der Waals surface area contributed by atoms with Gasteiger partial charge in [0.15, 0.2) is 0 Å². The average molecular weight is 266 g/mol. The smallest absolute Gasteiger partial charge is 0.248 e. The van der Waals surface area contributed by atoms with E-state index in [2.05, 4.69) is 11.2 Å². The maximum absolute atomic E-state index is 13.4. The number of rotatable bonds is 7. The Balaban J connectivity index is 2.44. The van der Waals surface area contributed by atoms with Crippen LogP contribution in [0.25, 0.3) is 0 Å². The normalized spacial score (nSPS) is 10.0. The Morgan fingerprint density at radius 1 is 1.56 bits per heavy atom. The second-order valence-electron chi connectivity index (χ2n) is 3.60. The molecular weight excluding hydrogens is 251 g/mol. The van der Waals surface area contributed by atoms with Gasteiger partial charge in [-0.05, 0) is 18.2 Å².